The van der Waals surface area contributed by atoms with Gasteiger partial charge in [-0.1, -0.05) is 52.0 Å². The largest absolute Gasteiger partial charge is 0.355 e. The van der Waals surface area contributed by atoms with E-state index >= 15 is 0 Å². The summed E-state index contributed by atoms with van der Waals surface area (Å²) in [6, 6.07) is 8.77. The smallest absolute Gasteiger partial charge is 0.225 e. The van der Waals surface area contributed by atoms with Crippen LogP contribution >= 0.6 is 0 Å². The number of rotatable bonds is 6. The van der Waals surface area contributed by atoms with Crippen molar-refractivity contribution in [1.82, 2.24) is 16.0 Å². The van der Waals surface area contributed by atoms with Gasteiger partial charge in [-0.3, -0.25) is 9.79 Å². The van der Waals surface area contributed by atoms with E-state index in [1.54, 1.807) is 7.05 Å². The molecule has 1 aromatic rings. The molecule has 5 heteroatoms. The number of amides is 1. The van der Waals surface area contributed by atoms with Crippen molar-refractivity contribution < 1.29 is 4.79 Å². The van der Waals surface area contributed by atoms with Crippen LogP contribution in [0.3, 0.4) is 0 Å². The van der Waals surface area contributed by atoms with Gasteiger partial charge in [-0.05, 0) is 24.5 Å². The molecule has 0 aliphatic heterocycles. The fourth-order valence-electron chi connectivity index (χ4n) is 2.15. The summed E-state index contributed by atoms with van der Waals surface area (Å²) >= 11 is 0. The Morgan fingerprint density at radius 2 is 1.71 bits per heavy atom. The Labute approximate surface area is 146 Å². The molecule has 24 heavy (non-hydrogen) atoms. The van der Waals surface area contributed by atoms with E-state index < -0.39 is 0 Å². The molecule has 134 valence electrons. The van der Waals surface area contributed by atoms with Crippen molar-refractivity contribution in [1.29, 1.82) is 0 Å². The first-order valence-corrected chi connectivity index (χ1v) is 8.62. The highest BCUT2D eigenvalue weighted by molar-refractivity contribution is 5.82. The first-order chi connectivity index (χ1) is 11.3. The summed E-state index contributed by atoms with van der Waals surface area (Å²) in [5.41, 5.74) is 2.19. The van der Waals surface area contributed by atoms with E-state index in [2.05, 4.69) is 59.1 Å². The summed E-state index contributed by atoms with van der Waals surface area (Å²) in [6.45, 7) is 11.2. The molecular formula is C19H32N4O. The van der Waals surface area contributed by atoms with Crippen molar-refractivity contribution in [3.05, 3.63) is 35.4 Å². The molecule has 0 saturated carbocycles. The zero-order valence-electron chi connectivity index (χ0n) is 15.9. The molecule has 0 bridgehead atoms. The van der Waals surface area contributed by atoms with Crippen molar-refractivity contribution in [2.24, 2.45) is 10.4 Å². The van der Waals surface area contributed by atoms with E-state index in [0.717, 1.165) is 12.4 Å². The standard InChI is InChI=1S/C19H32N4O/c1-7-15-8-10-16(11-9-15)14(2)23-18(20-6)22-13-12-21-17(24)19(3,4)5/h8-11,14H,7,12-13H2,1-6H3,(H,21,24)(H2,20,22,23). The Hall–Kier alpha value is -2.04. The number of hydrogen-bond donors (Lipinski definition) is 3. The van der Waals surface area contributed by atoms with Crippen LogP contribution in [-0.2, 0) is 11.2 Å². The van der Waals surface area contributed by atoms with Crippen molar-refractivity contribution in [2.45, 2.75) is 47.1 Å². The maximum Gasteiger partial charge on any atom is 0.225 e. The van der Waals surface area contributed by atoms with Crippen LogP contribution in [0.15, 0.2) is 29.3 Å². The molecule has 1 unspecified atom stereocenters. The minimum absolute atomic E-state index is 0.0524. The molecule has 0 aliphatic rings. The summed E-state index contributed by atoms with van der Waals surface area (Å²) in [4.78, 5) is 16.0. The summed E-state index contributed by atoms with van der Waals surface area (Å²) in [6.07, 6.45) is 1.05. The van der Waals surface area contributed by atoms with Crippen molar-refractivity contribution in [3.8, 4) is 0 Å². The number of hydrogen-bond acceptors (Lipinski definition) is 2. The van der Waals surface area contributed by atoms with E-state index in [0.29, 0.717) is 13.1 Å². The number of guanidine groups is 1. The molecule has 0 aromatic heterocycles. The van der Waals surface area contributed by atoms with Gasteiger partial charge in [-0.25, -0.2) is 0 Å². The highest BCUT2D eigenvalue weighted by Gasteiger charge is 2.20. The minimum Gasteiger partial charge on any atom is -0.355 e. The van der Waals surface area contributed by atoms with Gasteiger partial charge in [0.25, 0.3) is 0 Å². The van der Waals surface area contributed by atoms with Gasteiger partial charge in [-0.15, -0.1) is 0 Å². The van der Waals surface area contributed by atoms with Crippen molar-refractivity contribution in [3.63, 3.8) is 0 Å². The lowest BCUT2D eigenvalue weighted by atomic mass is 9.96. The van der Waals surface area contributed by atoms with E-state index in [9.17, 15) is 4.79 Å². The Bertz CT molecular complexity index is 543. The van der Waals surface area contributed by atoms with Gasteiger partial charge in [0, 0.05) is 25.6 Å². The lowest BCUT2D eigenvalue weighted by molar-refractivity contribution is -0.128. The lowest BCUT2D eigenvalue weighted by Gasteiger charge is -2.20. The molecule has 1 atom stereocenters. The van der Waals surface area contributed by atoms with Gasteiger partial charge in [0.15, 0.2) is 5.96 Å². The third kappa shape index (κ3) is 6.60. The van der Waals surface area contributed by atoms with Crippen LogP contribution in [0.2, 0.25) is 0 Å². The predicted molar refractivity (Wildman–Crippen MR) is 101 cm³/mol. The molecule has 0 saturated heterocycles. The van der Waals surface area contributed by atoms with E-state index in [1.165, 1.54) is 11.1 Å². The second-order valence-electron chi connectivity index (χ2n) is 6.97. The zero-order valence-corrected chi connectivity index (χ0v) is 15.9. The number of benzene rings is 1. The fraction of sp³-hybridized carbons (Fsp3) is 0.579. The van der Waals surface area contributed by atoms with Gasteiger partial charge in [0.05, 0.1) is 6.04 Å². The average Bonchev–Trinajstić information content (AvgIpc) is 2.56. The number of aliphatic imine (C=N–C) groups is 1. The first kappa shape index (κ1) is 20.0. The van der Waals surface area contributed by atoms with E-state index in [4.69, 9.17) is 0 Å². The lowest BCUT2D eigenvalue weighted by Crippen LogP contribution is -2.44. The van der Waals surface area contributed by atoms with Crippen molar-refractivity contribution >= 4 is 11.9 Å². The molecule has 3 N–H and O–H groups in total. The van der Waals surface area contributed by atoms with E-state index in [-0.39, 0.29) is 17.4 Å². The number of carbonyl (C=O) groups excluding carboxylic acids is 1. The van der Waals surface area contributed by atoms with Crippen LogP contribution in [0.1, 0.15) is 51.8 Å². The van der Waals surface area contributed by atoms with Gasteiger partial charge in [0.1, 0.15) is 0 Å². The Morgan fingerprint density at radius 3 is 2.21 bits per heavy atom. The van der Waals surface area contributed by atoms with Gasteiger partial charge < -0.3 is 16.0 Å². The third-order valence-electron chi connectivity index (χ3n) is 3.85. The minimum atomic E-state index is -0.362. The molecule has 0 fully saturated rings. The molecule has 1 aromatic carbocycles. The summed E-state index contributed by atoms with van der Waals surface area (Å²) in [7, 11) is 1.75. The average molecular weight is 332 g/mol. The summed E-state index contributed by atoms with van der Waals surface area (Å²) in [5, 5.41) is 9.50. The second kappa shape index (κ2) is 9.30. The highest BCUT2D eigenvalue weighted by atomic mass is 16.2. The van der Waals surface area contributed by atoms with Crippen LogP contribution in [-0.4, -0.2) is 32.0 Å². The molecule has 0 heterocycles. The number of nitrogens with one attached hydrogen (secondary N) is 3. The molecule has 1 amide bonds. The normalized spacial score (nSPS) is 13.3. The number of nitrogens with zero attached hydrogens (tertiary/aromatic N) is 1. The Morgan fingerprint density at radius 1 is 1.12 bits per heavy atom. The van der Waals surface area contributed by atoms with Gasteiger partial charge in [0.2, 0.25) is 5.91 Å². The molecule has 0 radical (unpaired) electrons. The van der Waals surface area contributed by atoms with Gasteiger partial charge >= 0.3 is 0 Å². The van der Waals surface area contributed by atoms with Crippen LogP contribution in [0.25, 0.3) is 0 Å². The van der Waals surface area contributed by atoms with Gasteiger partial charge in [-0.2, -0.15) is 0 Å². The number of aryl methyl sites for hydroxylation is 1. The Balaban J connectivity index is 2.42. The van der Waals surface area contributed by atoms with Crippen LogP contribution < -0.4 is 16.0 Å². The fourth-order valence-corrected chi connectivity index (χ4v) is 2.15. The van der Waals surface area contributed by atoms with Crippen molar-refractivity contribution in [2.75, 3.05) is 20.1 Å². The number of carbonyl (C=O) groups is 1. The molecule has 5 nitrogen and oxygen atoms in total. The topological polar surface area (TPSA) is 65.5 Å². The molecule has 0 aliphatic carbocycles. The highest BCUT2D eigenvalue weighted by Crippen LogP contribution is 2.13. The summed E-state index contributed by atoms with van der Waals surface area (Å²) in [5.74, 6) is 0.781. The van der Waals surface area contributed by atoms with E-state index in [1.807, 2.05) is 20.8 Å². The quantitative estimate of drug-likeness (QED) is 0.426. The maximum absolute atomic E-state index is 11.8. The molecule has 0 spiro atoms. The zero-order chi connectivity index (χ0) is 18.2. The van der Waals surface area contributed by atoms with Crippen LogP contribution in [0.4, 0.5) is 0 Å². The second-order valence-corrected chi connectivity index (χ2v) is 6.97. The maximum atomic E-state index is 11.8. The Kier molecular flexibility index (Phi) is 7.75. The molecular weight excluding hydrogens is 300 g/mol. The summed E-state index contributed by atoms with van der Waals surface area (Å²) < 4.78 is 0. The SMILES string of the molecule is CCc1ccc(C(C)NC(=NC)NCCNC(=O)C(C)(C)C)cc1. The predicted octanol–water partition coefficient (Wildman–Crippen LogP) is 2.64. The third-order valence-corrected chi connectivity index (χ3v) is 3.85. The van der Waals surface area contributed by atoms with Crippen LogP contribution in [0.5, 0.6) is 0 Å². The van der Waals surface area contributed by atoms with Crippen LogP contribution in [0, 0.1) is 5.41 Å². The molecule has 1 rings (SSSR count). The monoisotopic (exact) mass is 332 g/mol. The first-order valence-electron chi connectivity index (χ1n) is 8.62.